The van der Waals surface area contributed by atoms with E-state index >= 15 is 0 Å². The molecule has 0 bridgehead atoms. The van der Waals surface area contributed by atoms with Crippen LogP contribution in [-0.4, -0.2) is 38.4 Å². The summed E-state index contributed by atoms with van der Waals surface area (Å²) in [5.41, 5.74) is 1.60. The van der Waals surface area contributed by atoms with Crippen LogP contribution in [0.1, 0.15) is 42.5 Å². The molecule has 198 valence electrons. The number of anilines is 1. The van der Waals surface area contributed by atoms with Crippen LogP contribution >= 0.6 is 0 Å². The van der Waals surface area contributed by atoms with Gasteiger partial charge in [-0.2, -0.15) is 4.98 Å². The van der Waals surface area contributed by atoms with Gasteiger partial charge in [-0.25, -0.2) is 22.5 Å². The molecule has 6 nitrogen and oxygen atoms in total. The fourth-order valence-corrected chi connectivity index (χ4v) is 4.62. The molecule has 1 N–H and O–H groups in total. The summed E-state index contributed by atoms with van der Waals surface area (Å²) in [6.45, 7) is 2.99. The maximum absolute atomic E-state index is 14.3. The third-order valence-corrected chi connectivity index (χ3v) is 6.92. The van der Waals surface area contributed by atoms with E-state index in [-0.39, 0.29) is 42.6 Å². The lowest BCUT2D eigenvalue weighted by atomic mass is 10.0. The number of hydrogen-bond acceptors (Lipinski definition) is 5. The van der Waals surface area contributed by atoms with Crippen LogP contribution < -0.4 is 10.9 Å². The van der Waals surface area contributed by atoms with Crippen molar-refractivity contribution >= 4 is 17.0 Å². The van der Waals surface area contributed by atoms with Crippen LogP contribution in [0.3, 0.4) is 0 Å². The summed E-state index contributed by atoms with van der Waals surface area (Å²) in [5, 5.41) is 3.77. The summed E-state index contributed by atoms with van der Waals surface area (Å²) >= 11 is 0. The number of halogens is 4. The molecule has 2 aromatic heterocycles. The molecule has 1 atom stereocenters. The molecule has 1 aliphatic heterocycles. The van der Waals surface area contributed by atoms with Crippen molar-refractivity contribution in [2.75, 3.05) is 18.4 Å². The van der Waals surface area contributed by atoms with Crippen molar-refractivity contribution < 1.29 is 17.6 Å². The second-order valence-electron chi connectivity index (χ2n) is 9.67. The van der Waals surface area contributed by atoms with E-state index in [1.54, 1.807) is 12.3 Å². The quantitative estimate of drug-likeness (QED) is 0.322. The van der Waals surface area contributed by atoms with Gasteiger partial charge in [0.1, 0.15) is 17.3 Å². The second kappa shape index (κ2) is 10.5. The van der Waals surface area contributed by atoms with Gasteiger partial charge < -0.3 is 5.32 Å². The highest BCUT2D eigenvalue weighted by Gasteiger charge is 2.33. The Labute approximate surface area is 217 Å². The molecular weight excluding hydrogens is 498 g/mol. The first-order valence-corrected chi connectivity index (χ1v) is 12.4. The molecule has 1 fully saturated rings. The van der Waals surface area contributed by atoms with Gasteiger partial charge in [0, 0.05) is 55.7 Å². The maximum atomic E-state index is 14.3. The van der Waals surface area contributed by atoms with Crippen molar-refractivity contribution in [3.05, 3.63) is 99.5 Å². The summed E-state index contributed by atoms with van der Waals surface area (Å²) in [5.74, 6) is -3.78. The van der Waals surface area contributed by atoms with Crippen LogP contribution in [0.5, 0.6) is 0 Å². The minimum atomic E-state index is -2.56. The Balaban J connectivity index is 1.32. The average molecular weight is 526 g/mol. The number of fused-ring (bicyclic) bond motifs is 1. The molecule has 2 aromatic carbocycles. The van der Waals surface area contributed by atoms with Crippen LogP contribution in [0.15, 0.2) is 65.6 Å². The Bertz CT molecular complexity index is 1480. The Hall–Kier alpha value is -3.79. The maximum Gasteiger partial charge on any atom is 0.252 e. The molecule has 3 heterocycles. The van der Waals surface area contributed by atoms with E-state index in [1.165, 1.54) is 16.7 Å². The molecule has 1 unspecified atom stereocenters. The van der Waals surface area contributed by atoms with Gasteiger partial charge in [0.25, 0.3) is 11.5 Å². The third kappa shape index (κ3) is 5.70. The van der Waals surface area contributed by atoms with E-state index in [4.69, 9.17) is 0 Å². The smallest absolute Gasteiger partial charge is 0.252 e. The predicted octanol–water partition coefficient (Wildman–Crippen LogP) is 5.52. The Morgan fingerprint density at radius 1 is 0.974 bits per heavy atom. The summed E-state index contributed by atoms with van der Waals surface area (Å²) < 4.78 is 56.6. The Kier molecular flexibility index (Phi) is 7.16. The van der Waals surface area contributed by atoms with E-state index in [1.807, 2.05) is 36.1 Å². The summed E-state index contributed by atoms with van der Waals surface area (Å²) in [6.07, 6.45) is 1.33. The van der Waals surface area contributed by atoms with E-state index < -0.39 is 23.1 Å². The van der Waals surface area contributed by atoms with E-state index in [0.29, 0.717) is 25.0 Å². The number of rotatable bonds is 7. The van der Waals surface area contributed by atoms with Crippen molar-refractivity contribution in [3.63, 3.8) is 0 Å². The average Bonchev–Trinajstić information content (AvgIpc) is 2.89. The molecule has 5 rings (SSSR count). The van der Waals surface area contributed by atoms with Crippen molar-refractivity contribution in [2.45, 2.75) is 44.8 Å². The van der Waals surface area contributed by atoms with E-state index in [2.05, 4.69) is 15.3 Å². The van der Waals surface area contributed by atoms with Gasteiger partial charge in [-0.15, -0.1) is 0 Å². The second-order valence-corrected chi connectivity index (χ2v) is 9.67. The van der Waals surface area contributed by atoms with Gasteiger partial charge >= 0.3 is 0 Å². The number of nitrogens with one attached hydrogen (secondary N) is 1. The number of pyridine rings is 1. The highest BCUT2D eigenvalue weighted by atomic mass is 19.3. The number of benzene rings is 2. The van der Waals surface area contributed by atoms with Crippen LogP contribution in [0, 0.1) is 11.6 Å². The Morgan fingerprint density at radius 2 is 1.66 bits per heavy atom. The fourth-order valence-electron chi connectivity index (χ4n) is 4.62. The summed E-state index contributed by atoms with van der Waals surface area (Å²) in [4.78, 5) is 23.5. The minimum Gasteiger partial charge on any atom is -0.348 e. The van der Waals surface area contributed by atoms with Crippen molar-refractivity contribution in [2.24, 2.45) is 0 Å². The monoisotopic (exact) mass is 525 g/mol. The fraction of sp³-hybridized carbons (Fsp3) is 0.321. The number of aromatic nitrogens is 3. The SMILES string of the molecule is CC(Nc1ncc2ccc(=O)n(Cc3c(F)cccc3F)c2n1)c1ccc(CN2CCC(F)(F)CC2)cc1. The zero-order chi connectivity index (χ0) is 26.9. The highest BCUT2D eigenvalue weighted by molar-refractivity contribution is 5.75. The molecule has 1 aliphatic rings. The molecule has 0 aliphatic carbocycles. The van der Waals surface area contributed by atoms with E-state index in [9.17, 15) is 22.4 Å². The molecular formula is C28H27F4N5O. The molecule has 0 amide bonds. The molecule has 0 spiro atoms. The lowest BCUT2D eigenvalue weighted by molar-refractivity contribution is -0.0566. The first-order chi connectivity index (χ1) is 18.2. The first-order valence-electron chi connectivity index (χ1n) is 12.4. The molecule has 0 saturated carbocycles. The molecule has 10 heteroatoms. The standard InChI is InChI=1S/C28H27F4N5O/c1-18(20-7-5-19(6-8-20)16-36-13-11-28(31,32)12-14-36)34-27-33-15-21-9-10-25(38)37(26(21)35-27)17-22-23(29)3-2-4-24(22)30/h2-10,15,18H,11-14,16-17H2,1H3,(H,33,34,35). The highest BCUT2D eigenvalue weighted by Crippen LogP contribution is 2.28. The molecule has 4 aromatic rings. The van der Waals surface area contributed by atoms with Crippen molar-refractivity contribution in [1.82, 2.24) is 19.4 Å². The molecule has 1 saturated heterocycles. The number of piperidine rings is 1. The largest absolute Gasteiger partial charge is 0.348 e. The zero-order valence-electron chi connectivity index (χ0n) is 20.8. The number of likely N-dealkylation sites (tertiary alicyclic amines) is 1. The van der Waals surface area contributed by atoms with Gasteiger partial charge in [-0.05, 0) is 36.2 Å². The lowest BCUT2D eigenvalue weighted by Gasteiger charge is -2.31. The lowest BCUT2D eigenvalue weighted by Crippen LogP contribution is -2.38. The van der Waals surface area contributed by atoms with Crippen LogP contribution in [-0.2, 0) is 13.1 Å². The van der Waals surface area contributed by atoms with Gasteiger partial charge in [0.05, 0.1) is 12.6 Å². The summed E-state index contributed by atoms with van der Waals surface area (Å²) in [7, 11) is 0. The first kappa shape index (κ1) is 25.8. The zero-order valence-corrected chi connectivity index (χ0v) is 20.8. The predicted molar refractivity (Wildman–Crippen MR) is 137 cm³/mol. The van der Waals surface area contributed by atoms with E-state index in [0.717, 1.165) is 23.3 Å². The number of hydrogen-bond donors (Lipinski definition) is 1. The van der Waals surface area contributed by atoms with Gasteiger partial charge in [0.2, 0.25) is 5.95 Å². The number of alkyl halides is 2. The van der Waals surface area contributed by atoms with Gasteiger partial charge in [-0.3, -0.25) is 14.3 Å². The van der Waals surface area contributed by atoms with Crippen LogP contribution in [0.25, 0.3) is 11.0 Å². The van der Waals surface area contributed by atoms with Gasteiger partial charge in [-0.1, -0.05) is 30.3 Å². The van der Waals surface area contributed by atoms with Crippen LogP contribution in [0.4, 0.5) is 23.5 Å². The normalized spacial score (nSPS) is 16.4. The third-order valence-electron chi connectivity index (χ3n) is 6.92. The number of nitrogens with zero attached hydrogens (tertiary/aromatic N) is 4. The topological polar surface area (TPSA) is 63.1 Å². The van der Waals surface area contributed by atoms with Crippen LogP contribution in [0.2, 0.25) is 0 Å². The summed E-state index contributed by atoms with van der Waals surface area (Å²) in [6, 6.07) is 14.1. The molecule has 0 radical (unpaired) electrons. The molecule has 38 heavy (non-hydrogen) atoms. The van der Waals surface area contributed by atoms with Crippen molar-refractivity contribution in [1.29, 1.82) is 0 Å². The van der Waals surface area contributed by atoms with Gasteiger partial charge in [0.15, 0.2) is 0 Å². The Morgan fingerprint density at radius 3 is 2.34 bits per heavy atom. The minimum absolute atomic E-state index is 0.110. The van der Waals surface area contributed by atoms with Crippen molar-refractivity contribution in [3.8, 4) is 0 Å².